The van der Waals surface area contributed by atoms with E-state index in [-0.39, 0.29) is 11.1 Å². The van der Waals surface area contributed by atoms with E-state index in [2.05, 4.69) is 26.1 Å². The van der Waals surface area contributed by atoms with Gasteiger partial charge in [0.1, 0.15) is 17.3 Å². The minimum Gasteiger partial charge on any atom is -0.296 e. The molecule has 22 heavy (non-hydrogen) atoms. The number of aldehydes is 1. The van der Waals surface area contributed by atoms with Gasteiger partial charge in [-0.05, 0) is 63.3 Å². The van der Waals surface area contributed by atoms with Gasteiger partial charge < -0.3 is 0 Å². The Morgan fingerprint density at radius 3 is 2.68 bits per heavy atom. The van der Waals surface area contributed by atoms with Gasteiger partial charge in [-0.15, -0.1) is 0 Å². The molecule has 1 aromatic heterocycles. The summed E-state index contributed by atoms with van der Waals surface area (Å²) >= 11 is 3.16. The molecule has 112 valence electrons. The molecule has 0 saturated heterocycles. The molecule has 1 heterocycles. The summed E-state index contributed by atoms with van der Waals surface area (Å²) in [5.41, 5.74) is 2.45. The van der Waals surface area contributed by atoms with Gasteiger partial charge in [0.05, 0.1) is 15.4 Å². The van der Waals surface area contributed by atoms with Crippen LogP contribution in [-0.2, 0) is 6.42 Å². The van der Waals surface area contributed by atoms with Crippen molar-refractivity contribution in [3.05, 3.63) is 51.6 Å². The fraction of sp³-hybridized carbons (Fsp3) is 0.125. The Morgan fingerprint density at radius 1 is 1.23 bits per heavy atom. The number of aromatic amines is 1. The van der Waals surface area contributed by atoms with Crippen molar-refractivity contribution >= 4 is 33.1 Å². The number of carbonyl (C=O) groups is 1. The summed E-state index contributed by atoms with van der Waals surface area (Å²) in [7, 11) is 0. The molecule has 0 aliphatic carbocycles. The van der Waals surface area contributed by atoms with Crippen molar-refractivity contribution in [2.75, 3.05) is 0 Å². The maximum absolute atomic E-state index is 14.3. The lowest BCUT2D eigenvalue weighted by Crippen LogP contribution is -1.93. The number of nitrogens with one attached hydrogen (secondary N) is 1. The van der Waals surface area contributed by atoms with E-state index in [9.17, 15) is 13.6 Å². The highest BCUT2D eigenvalue weighted by Crippen LogP contribution is 2.32. The molecule has 3 rings (SSSR count). The van der Waals surface area contributed by atoms with Crippen LogP contribution >= 0.6 is 15.9 Å². The Morgan fingerprint density at radius 2 is 2.00 bits per heavy atom. The lowest BCUT2D eigenvalue weighted by Gasteiger charge is -2.10. The predicted octanol–water partition coefficient (Wildman–Crippen LogP) is 4.65. The molecule has 0 atom stereocenters. The molecular formula is C16H11BrF2N2O. The van der Waals surface area contributed by atoms with Gasteiger partial charge in [-0.2, -0.15) is 5.10 Å². The Balaban J connectivity index is 2.27. The van der Waals surface area contributed by atoms with E-state index < -0.39 is 11.6 Å². The summed E-state index contributed by atoms with van der Waals surface area (Å²) in [6.07, 6.45) is 1.20. The topological polar surface area (TPSA) is 45.8 Å². The number of halogens is 3. The first kappa shape index (κ1) is 14.8. The van der Waals surface area contributed by atoms with Gasteiger partial charge >= 0.3 is 0 Å². The SMILES string of the molecule is CCc1cc(Br)c(F)cc1-c1cc(F)c2c(C=O)[nH]nc2c1. The summed E-state index contributed by atoms with van der Waals surface area (Å²) in [6.45, 7) is 1.94. The smallest absolute Gasteiger partial charge is 0.168 e. The lowest BCUT2D eigenvalue weighted by molar-refractivity contribution is 0.112. The van der Waals surface area contributed by atoms with Gasteiger partial charge in [0.25, 0.3) is 0 Å². The molecule has 6 heteroatoms. The van der Waals surface area contributed by atoms with Crippen LogP contribution in [0.5, 0.6) is 0 Å². The molecule has 0 radical (unpaired) electrons. The average molecular weight is 365 g/mol. The highest BCUT2D eigenvalue weighted by atomic mass is 79.9. The van der Waals surface area contributed by atoms with E-state index in [4.69, 9.17) is 0 Å². The number of rotatable bonds is 3. The van der Waals surface area contributed by atoms with Crippen molar-refractivity contribution < 1.29 is 13.6 Å². The van der Waals surface area contributed by atoms with Crippen molar-refractivity contribution in [1.82, 2.24) is 10.2 Å². The highest BCUT2D eigenvalue weighted by Gasteiger charge is 2.15. The number of H-pyrrole nitrogens is 1. The lowest BCUT2D eigenvalue weighted by atomic mass is 9.96. The Labute approximate surface area is 133 Å². The normalized spacial score (nSPS) is 11.1. The Hall–Kier alpha value is -2.08. The van der Waals surface area contributed by atoms with Crippen LogP contribution in [0.4, 0.5) is 8.78 Å². The van der Waals surface area contributed by atoms with Crippen LogP contribution in [0.3, 0.4) is 0 Å². The third-order valence-electron chi connectivity index (χ3n) is 3.59. The first-order chi connectivity index (χ1) is 10.5. The van der Waals surface area contributed by atoms with Gasteiger partial charge in [-0.3, -0.25) is 9.89 Å². The van der Waals surface area contributed by atoms with Gasteiger partial charge in [0, 0.05) is 0 Å². The molecule has 0 aliphatic rings. The number of hydrogen-bond donors (Lipinski definition) is 1. The number of aryl methyl sites for hydroxylation is 1. The number of nitrogens with zero attached hydrogens (tertiary/aromatic N) is 1. The standard InChI is InChI=1S/C16H11BrF2N2O/c1-2-8-3-11(17)12(18)6-10(8)9-4-13(19)16-14(5-9)20-21-15(16)7-22/h3-7H,2H2,1H3,(H,20,21). The van der Waals surface area contributed by atoms with Crippen molar-refractivity contribution in [2.45, 2.75) is 13.3 Å². The second-order valence-electron chi connectivity index (χ2n) is 4.88. The monoisotopic (exact) mass is 364 g/mol. The van der Waals surface area contributed by atoms with Crippen LogP contribution in [0.25, 0.3) is 22.0 Å². The van der Waals surface area contributed by atoms with Gasteiger partial charge in [-0.1, -0.05) is 6.92 Å². The largest absolute Gasteiger partial charge is 0.296 e. The van der Waals surface area contributed by atoms with Crippen LogP contribution in [-0.4, -0.2) is 16.5 Å². The number of benzene rings is 2. The third kappa shape index (κ3) is 2.33. The van der Waals surface area contributed by atoms with Crippen LogP contribution < -0.4 is 0 Å². The molecule has 2 aromatic carbocycles. The van der Waals surface area contributed by atoms with Crippen LogP contribution in [0.15, 0.2) is 28.7 Å². The van der Waals surface area contributed by atoms with E-state index >= 15 is 0 Å². The molecule has 0 saturated carbocycles. The minimum absolute atomic E-state index is 0.0942. The van der Waals surface area contributed by atoms with E-state index in [1.165, 1.54) is 12.1 Å². The molecule has 3 nitrogen and oxygen atoms in total. The number of fused-ring (bicyclic) bond motifs is 1. The number of carbonyl (C=O) groups excluding carboxylic acids is 1. The zero-order chi connectivity index (χ0) is 15.9. The second kappa shape index (κ2) is 5.61. The molecule has 0 amide bonds. The number of aromatic nitrogens is 2. The minimum atomic E-state index is -0.561. The zero-order valence-electron chi connectivity index (χ0n) is 11.6. The van der Waals surface area contributed by atoms with Crippen molar-refractivity contribution in [2.24, 2.45) is 0 Å². The van der Waals surface area contributed by atoms with Gasteiger partial charge in [-0.25, -0.2) is 8.78 Å². The average Bonchev–Trinajstić information content (AvgIpc) is 2.93. The third-order valence-corrected chi connectivity index (χ3v) is 4.20. The molecule has 0 aliphatic heterocycles. The molecule has 0 unspecified atom stereocenters. The van der Waals surface area contributed by atoms with Gasteiger partial charge in [0.15, 0.2) is 6.29 Å². The summed E-state index contributed by atoms with van der Waals surface area (Å²) in [4.78, 5) is 10.9. The van der Waals surface area contributed by atoms with Crippen molar-refractivity contribution in [3.8, 4) is 11.1 Å². The summed E-state index contributed by atoms with van der Waals surface area (Å²) in [5.74, 6) is -0.975. The molecule has 0 fully saturated rings. The molecule has 0 bridgehead atoms. The predicted molar refractivity (Wildman–Crippen MR) is 83.9 cm³/mol. The Bertz CT molecular complexity index is 889. The summed E-state index contributed by atoms with van der Waals surface area (Å²) < 4.78 is 28.5. The maximum atomic E-state index is 14.3. The second-order valence-corrected chi connectivity index (χ2v) is 5.74. The quantitative estimate of drug-likeness (QED) is 0.687. The van der Waals surface area contributed by atoms with E-state index in [0.717, 1.165) is 5.56 Å². The first-order valence-electron chi connectivity index (χ1n) is 6.66. The first-order valence-corrected chi connectivity index (χ1v) is 7.45. The Kier molecular flexibility index (Phi) is 3.78. The molecule has 1 N–H and O–H groups in total. The maximum Gasteiger partial charge on any atom is 0.168 e. The van der Waals surface area contributed by atoms with Crippen molar-refractivity contribution in [1.29, 1.82) is 0 Å². The van der Waals surface area contributed by atoms with Gasteiger partial charge in [0.2, 0.25) is 0 Å². The fourth-order valence-electron chi connectivity index (χ4n) is 2.51. The summed E-state index contributed by atoms with van der Waals surface area (Å²) in [5, 5.41) is 6.57. The molecule has 3 aromatic rings. The van der Waals surface area contributed by atoms with E-state index in [1.807, 2.05) is 6.92 Å². The summed E-state index contributed by atoms with van der Waals surface area (Å²) in [6, 6.07) is 6.00. The van der Waals surface area contributed by atoms with E-state index in [1.54, 1.807) is 12.1 Å². The molecule has 0 spiro atoms. The van der Waals surface area contributed by atoms with Crippen LogP contribution in [0.1, 0.15) is 23.0 Å². The highest BCUT2D eigenvalue weighted by molar-refractivity contribution is 9.10. The van der Waals surface area contributed by atoms with Crippen molar-refractivity contribution in [3.63, 3.8) is 0 Å². The number of hydrogen-bond acceptors (Lipinski definition) is 2. The fourth-order valence-corrected chi connectivity index (χ4v) is 2.90. The zero-order valence-corrected chi connectivity index (χ0v) is 13.2. The van der Waals surface area contributed by atoms with E-state index in [0.29, 0.717) is 33.8 Å². The van der Waals surface area contributed by atoms with Crippen LogP contribution in [0, 0.1) is 11.6 Å². The molecular weight excluding hydrogens is 354 g/mol. The van der Waals surface area contributed by atoms with Crippen LogP contribution in [0.2, 0.25) is 0 Å².